The van der Waals surface area contributed by atoms with Gasteiger partial charge in [0.2, 0.25) is 0 Å². The summed E-state index contributed by atoms with van der Waals surface area (Å²) >= 11 is 3.16. The van der Waals surface area contributed by atoms with E-state index in [0.29, 0.717) is 11.3 Å². The van der Waals surface area contributed by atoms with E-state index < -0.39 is 6.10 Å². The van der Waals surface area contributed by atoms with E-state index in [1.807, 2.05) is 22.6 Å². The second-order valence-corrected chi connectivity index (χ2v) is 12.5. The van der Waals surface area contributed by atoms with Crippen molar-refractivity contribution in [1.29, 1.82) is 0 Å². The second kappa shape index (κ2) is 8.31. The summed E-state index contributed by atoms with van der Waals surface area (Å²) in [5, 5.41) is 12.8. The number of anilines is 2. The number of thiophene rings is 1. The molecule has 2 spiro atoms. The number of rotatable bonds is 5. The molecule has 1 unspecified atom stereocenters. The number of nitrogens with zero attached hydrogens (tertiary/aromatic N) is 1. The number of hydrogen-bond acceptors (Lipinski definition) is 5. The lowest BCUT2D eigenvalue weighted by molar-refractivity contribution is 0.0979. The number of carbonyl (C=O) groups is 1. The first-order chi connectivity index (χ1) is 16.0. The van der Waals surface area contributed by atoms with Crippen molar-refractivity contribution in [2.75, 3.05) is 22.4 Å². The Bertz CT molecular complexity index is 1040. The van der Waals surface area contributed by atoms with Crippen LogP contribution in [0.5, 0.6) is 0 Å². The summed E-state index contributed by atoms with van der Waals surface area (Å²) < 4.78 is 3.39. The predicted molar refractivity (Wildman–Crippen MR) is 138 cm³/mol. The minimum absolute atomic E-state index is 0.0805. The molecule has 1 atom stereocenters. The number of fused-ring (bicyclic) bond motifs is 2. The van der Waals surface area contributed by atoms with Gasteiger partial charge in [0.15, 0.2) is 0 Å². The van der Waals surface area contributed by atoms with E-state index in [4.69, 9.17) is 0 Å². The molecule has 6 heteroatoms. The lowest BCUT2D eigenvalue weighted by Gasteiger charge is -2.38. The van der Waals surface area contributed by atoms with Crippen LogP contribution in [0.1, 0.15) is 91.1 Å². The Balaban J connectivity index is 1.29. The Morgan fingerprint density at radius 1 is 1.15 bits per heavy atom. The Morgan fingerprint density at radius 3 is 2.58 bits per heavy atom. The molecule has 3 aliphatic carbocycles. The third-order valence-corrected chi connectivity index (χ3v) is 10.5. The number of carbonyl (C=O) groups excluding carboxylic acids is 1. The molecule has 1 amide bonds. The number of aliphatic hydroxyl groups excluding tert-OH is 1. The number of amides is 1. The summed E-state index contributed by atoms with van der Waals surface area (Å²) in [4.78, 5) is 16.8. The van der Waals surface area contributed by atoms with Crippen LogP contribution in [-0.4, -0.2) is 23.8 Å². The summed E-state index contributed by atoms with van der Waals surface area (Å²) in [5.41, 5.74) is 5.00. The molecule has 1 aliphatic heterocycles. The Labute approximate surface area is 205 Å². The van der Waals surface area contributed by atoms with E-state index in [2.05, 4.69) is 22.9 Å². The summed E-state index contributed by atoms with van der Waals surface area (Å²) in [6.45, 7) is 0.788. The first-order valence-electron chi connectivity index (χ1n) is 12.5. The first kappa shape index (κ1) is 22.0. The molecule has 3 fully saturated rings. The van der Waals surface area contributed by atoms with Crippen LogP contribution in [0.25, 0.3) is 0 Å². The van der Waals surface area contributed by atoms with E-state index in [-0.39, 0.29) is 11.3 Å². The fourth-order valence-corrected chi connectivity index (χ4v) is 8.00. The van der Waals surface area contributed by atoms with E-state index in [1.54, 1.807) is 23.3 Å². The standard InChI is InChI=1S/C27H34N2O2S2/c1-32-28-20-6-7-22-21(15-20)27(12-10-26(8-9-26)11-13-27)17-29(22)25(31)19-14-23(33-16-19)24(30)18-4-2-3-5-18/h6-7,14-16,18,24,28,30H,2-5,8-13,17H2,1H3. The summed E-state index contributed by atoms with van der Waals surface area (Å²) in [7, 11) is 0. The lowest BCUT2D eigenvalue weighted by Crippen LogP contribution is -2.39. The first-order valence-corrected chi connectivity index (χ1v) is 14.6. The van der Waals surface area contributed by atoms with Gasteiger partial charge >= 0.3 is 0 Å². The number of nitrogens with one attached hydrogen (secondary N) is 1. The smallest absolute Gasteiger partial charge is 0.259 e. The average molecular weight is 483 g/mol. The number of benzene rings is 1. The van der Waals surface area contributed by atoms with E-state index in [1.165, 1.54) is 56.9 Å². The minimum Gasteiger partial charge on any atom is -0.387 e. The molecule has 0 bridgehead atoms. The quantitative estimate of drug-likeness (QED) is 0.455. The zero-order valence-electron chi connectivity index (χ0n) is 19.4. The molecule has 33 heavy (non-hydrogen) atoms. The highest BCUT2D eigenvalue weighted by Gasteiger charge is 2.53. The predicted octanol–water partition coefficient (Wildman–Crippen LogP) is 6.91. The van der Waals surface area contributed by atoms with Crippen molar-refractivity contribution >= 4 is 40.6 Å². The maximum absolute atomic E-state index is 13.8. The van der Waals surface area contributed by atoms with Gasteiger partial charge in [-0.2, -0.15) is 0 Å². The van der Waals surface area contributed by atoms with Gasteiger partial charge in [-0.25, -0.2) is 0 Å². The van der Waals surface area contributed by atoms with Crippen molar-refractivity contribution < 1.29 is 9.90 Å². The summed E-state index contributed by atoms with van der Waals surface area (Å²) in [6, 6.07) is 8.50. The lowest BCUT2D eigenvalue weighted by atomic mass is 9.66. The van der Waals surface area contributed by atoms with Crippen molar-refractivity contribution in [2.24, 2.45) is 11.3 Å². The van der Waals surface area contributed by atoms with Gasteiger partial charge in [-0.05, 0) is 92.5 Å². The van der Waals surface area contributed by atoms with Gasteiger partial charge in [0, 0.05) is 39.8 Å². The van der Waals surface area contributed by atoms with Gasteiger partial charge < -0.3 is 14.7 Å². The van der Waals surface area contributed by atoms with E-state index in [0.717, 1.165) is 41.2 Å². The second-order valence-electron chi connectivity index (χ2n) is 10.9. The monoisotopic (exact) mass is 482 g/mol. The molecule has 4 nitrogen and oxygen atoms in total. The maximum atomic E-state index is 13.8. The van der Waals surface area contributed by atoms with Crippen LogP contribution in [0.3, 0.4) is 0 Å². The van der Waals surface area contributed by atoms with Crippen molar-refractivity contribution in [3.63, 3.8) is 0 Å². The SMILES string of the molecule is CSNc1ccc2c(c1)C1(CCC3(CC3)CC1)CN2C(=O)c1csc(C(O)C2CCCC2)c1. The molecule has 6 rings (SSSR count). The zero-order chi connectivity index (χ0) is 22.6. The fraction of sp³-hybridized carbons (Fsp3) is 0.593. The van der Waals surface area contributed by atoms with Gasteiger partial charge in [0.1, 0.15) is 0 Å². The minimum atomic E-state index is -0.426. The van der Waals surface area contributed by atoms with Crippen LogP contribution in [0, 0.1) is 11.3 Å². The van der Waals surface area contributed by atoms with Crippen molar-refractivity contribution in [1.82, 2.24) is 0 Å². The molecule has 176 valence electrons. The van der Waals surface area contributed by atoms with Gasteiger partial charge in [-0.15, -0.1) is 11.3 Å². The van der Waals surface area contributed by atoms with Crippen molar-refractivity contribution in [3.8, 4) is 0 Å². The van der Waals surface area contributed by atoms with Crippen LogP contribution in [0.15, 0.2) is 29.6 Å². The molecule has 2 heterocycles. The Kier molecular flexibility index (Phi) is 5.54. The molecule has 2 N–H and O–H groups in total. The van der Waals surface area contributed by atoms with Crippen LogP contribution in [0.4, 0.5) is 11.4 Å². The van der Waals surface area contributed by atoms with Crippen molar-refractivity contribution in [2.45, 2.75) is 75.7 Å². The van der Waals surface area contributed by atoms with E-state index >= 15 is 0 Å². The third-order valence-electron chi connectivity index (χ3n) is 9.01. The van der Waals surface area contributed by atoms with E-state index in [9.17, 15) is 9.90 Å². The molecule has 3 saturated carbocycles. The number of aliphatic hydroxyl groups is 1. The average Bonchev–Trinajstić information content (AvgIpc) is 3.25. The van der Waals surface area contributed by atoms with Crippen LogP contribution in [0.2, 0.25) is 0 Å². The van der Waals surface area contributed by atoms with Crippen molar-refractivity contribution in [3.05, 3.63) is 45.6 Å². The van der Waals surface area contributed by atoms with Crippen LogP contribution in [-0.2, 0) is 5.41 Å². The molecular weight excluding hydrogens is 448 g/mol. The Morgan fingerprint density at radius 2 is 1.88 bits per heavy atom. The largest absolute Gasteiger partial charge is 0.387 e. The topological polar surface area (TPSA) is 52.6 Å². The van der Waals surface area contributed by atoms with Gasteiger partial charge in [0.05, 0.1) is 11.7 Å². The Hall–Kier alpha value is -1.50. The molecule has 0 radical (unpaired) electrons. The van der Waals surface area contributed by atoms with Gasteiger partial charge in [-0.1, -0.05) is 24.8 Å². The third kappa shape index (κ3) is 3.82. The number of hydrogen-bond donors (Lipinski definition) is 2. The normalized spacial score (nSPS) is 23.8. The molecule has 4 aliphatic rings. The molecule has 0 saturated heterocycles. The van der Waals surface area contributed by atoms with Crippen LogP contribution >= 0.6 is 23.3 Å². The molecule has 2 aromatic rings. The fourth-order valence-electron chi connectivity index (χ4n) is 6.68. The molecule has 1 aromatic heterocycles. The summed E-state index contributed by atoms with van der Waals surface area (Å²) in [6.07, 6.45) is 14.0. The highest BCUT2D eigenvalue weighted by molar-refractivity contribution is 7.99. The summed E-state index contributed by atoms with van der Waals surface area (Å²) in [5.74, 6) is 0.438. The highest BCUT2D eigenvalue weighted by Crippen LogP contribution is 2.62. The molecular formula is C27H34N2O2S2. The van der Waals surface area contributed by atoms with Crippen LogP contribution < -0.4 is 9.62 Å². The maximum Gasteiger partial charge on any atom is 0.259 e. The van der Waals surface area contributed by atoms with Gasteiger partial charge in [0.25, 0.3) is 5.91 Å². The zero-order valence-corrected chi connectivity index (χ0v) is 21.1. The molecule has 1 aromatic carbocycles. The van der Waals surface area contributed by atoms with Gasteiger partial charge in [-0.3, -0.25) is 4.79 Å². The highest BCUT2D eigenvalue weighted by atomic mass is 32.2.